The molecule has 0 aliphatic heterocycles. The molecule has 0 atom stereocenters. The van der Waals surface area contributed by atoms with Gasteiger partial charge >= 0.3 is 0 Å². The molecule has 0 saturated carbocycles. The molecule has 0 radical (unpaired) electrons. The van der Waals surface area contributed by atoms with Gasteiger partial charge in [0.15, 0.2) is 11.5 Å². The zero-order valence-corrected chi connectivity index (χ0v) is 19.3. The average molecular weight is 465 g/mol. The van der Waals surface area contributed by atoms with E-state index in [9.17, 15) is 4.79 Å². The highest BCUT2D eigenvalue weighted by Crippen LogP contribution is 2.28. The number of amides is 1. The normalized spacial score (nSPS) is 10.6. The molecule has 3 aromatic carbocycles. The summed E-state index contributed by atoms with van der Waals surface area (Å²) in [5.74, 6) is 1.16. The summed E-state index contributed by atoms with van der Waals surface area (Å²) in [6.45, 7) is 6.38. The van der Waals surface area contributed by atoms with Crippen LogP contribution < -0.4 is 19.6 Å². The van der Waals surface area contributed by atoms with Crippen molar-refractivity contribution in [2.24, 2.45) is 5.10 Å². The molecule has 1 N–H and O–H groups in total. The van der Waals surface area contributed by atoms with Crippen molar-refractivity contribution < 1.29 is 19.0 Å². The van der Waals surface area contributed by atoms with Crippen LogP contribution in [-0.4, -0.2) is 25.8 Å². The van der Waals surface area contributed by atoms with E-state index in [4.69, 9.17) is 25.8 Å². The van der Waals surface area contributed by atoms with Crippen LogP contribution in [0.3, 0.4) is 0 Å². The predicted molar refractivity (Wildman–Crippen MR) is 131 cm³/mol. The first kappa shape index (κ1) is 23.9. The lowest BCUT2D eigenvalue weighted by Crippen LogP contribution is -2.17. The van der Waals surface area contributed by atoms with Crippen LogP contribution in [0.25, 0.3) is 0 Å². The zero-order valence-electron chi connectivity index (χ0n) is 18.5. The fourth-order valence-corrected chi connectivity index (χ4v) is 3.08. The minimum Gasteiger partial charge on any atom is -0.493 e. The Morgan fingerprint density at radius 3 is 2.52 bits per heavy atom. The number of halogens is 1. The number of nitrogens with zero attached hydrogens (tertiary/aromatic N) is 1. The van der Waals surface area contributed by atoms with Crippen LogP contribution in [0.2, 0.25) is 5.02 Å². The van der Waals surface area contributed by atoms with E-state index < -0.39 is 5.91 Å². The molecule has 6 nitrogen and oxygen atoms in total. The lowest BCUT2D eigenvalue weighted by molar-refractivity contribution is 0.0954. The molecule has 0 aromatic heterocycles. The quantitative estimate of drug-likeness (QED) is 0.242. The smallest absolute Gasteiger partial charge is 0.271 e. The number of hydrazone groups is 1. The first-order chi connectivity index (χ1) is 16.0. The topological polar surface area (TPSA) is 69.2 Å². The van der Waals surface area contributed by atoms with Gasteiger partial charge in [0.05, 0.1) is 13.3 Å². The summed E-state index contributed by atoms with van der Waals surface area (Å²) in [6, 6.07) is 18.2. The van der Waals surface area contributed by atoms with Gasteiger partial charge in [0.2, 0.25) is 0 Å². The van der Waals surface area contributed by atoms with E-state index in [0.29, 0.717) is 46.6 Å². The van der Waals surface area contributed by atoms with E-state index in [1.54, 1.807) is 42.5 Å². The van der Waals surface area contributed by atoms with Crippen molar-refractivity contribution in [2.75, 3.05) is 13.7 Å². The summed E-state index contributed by atoms with van der Waals surface area (Å²) in [7, 11) is 1.51. The maximum absolute atomic E-state index is 12.5. The Morgan fingerprint density at radius 1 is 1.03 bits per heavy atom. The first-order valence-electron chi connectivity index (χ1n) is 10.2. The molecule has 3 rings (SSSR count). The third kappa shape index (κ3) is 6.85. The molecule has 0 aliphatic rings. The van der Waals surface area contributed by atoms with Crippen molar-refractivity contribution in [3.8, 4) is 17.2 Å². The summed E-state index contributed by atoms with van der Waals surface area (Å²) in [5, 5.41) is 4.60. The van der Waals surface area contributed by atoms with Gasteiger partial charge < -0.3 is 14.2 Å². The summed E-state index contributed by atoms with van der Waals surface area (Å²) < 4.78 is 16.7. The maximum atomic E-state index is 12.5. The number of ether oxygens (including phenoxy) is 3. The van der Waals surface area contributed by atoms with Gasteiger partial charge in [-0.2, -0.15) is 5.10 Å². The number of hydrogen-bond acceptors (Lipinski definition) is 5. The standard InChI is InChI=1S/C26H25ClN2O4/c1-4-13-32-24-11-9-20(15-25(24)31-3)26(30)29-28-16-21-14-22(27)10-12-23(21)33-17-19-7-5-18(2)6-8-19/h4-12,14-16H,1,13,17H2,2-3H3,(H,29,30)/b28-16+. The Balaban J connectivity index is 1.68. The minimum absolute atomic E-state index is 0.333. The fourth-order valence-electron chi connectivity index (χ4n) is 2.90. The van der Waals surface area contributed by atoms with Gasteiger partial charge in [-0.05, 0) is 48.9 Å². The number of nitrogens with one attached hydrogen (secondary N) is 1. The Kier molecular flexibility index (Phi) is 8.49. The second-order valence-electron chi connectivity index (χ2n) is 7.12. The van der Waals surface area contributed by atoms with Crippen LogP contribution >= 0.6 is 11.6 Å². The number of carbonyl (C=O) groups excluding carboxylic acids is 1. The molecular weight excluding hydrogens is 440 g/mol. The summed E-state index contributed by atoms with van der Waals surface area (Å²) in [4.78, 5) is 12.5. The molecule has 0 unspecified atom stereocenters. The van der Waals surface area contributed by atoms with Crippen LogP contribution in [0.5, 0.6) is 17.2 Å². The van der Waals surface area contributed by atoms with Crippen molar-refractivity contribution >= 4 is 23.7 Å². The molecule has 0 saturated heterocycles. The molecule has 0 heterocycles. The van der Waals surface area contributed by atoms with Crippen molar-refractivity contribution in [2.45, 2.75) is 13.5 Å². The lowest BCUT2D eigenvalue weighted by atomic mass is 10.1. The van der Waals surface area contributed by atoms with E-state index in [2.05, 4.69) is 17.1 Å². The highest BCUT2D eigenvalue weighted by molar-refractivity contribution is 6.30. The van der Waals surface area contributed by atoms with Crippen molar-refractivity contribution in [1.29, 1.82) is 0 Å². The molecular formula is C26H25ClN2O4. The SMILES string of the molecule is C=CCOc1ccc(C(=O)N/N=C/c2cc(Cl)ccc2OCc2ccc(C)cc2)cc1OC. The van der Waals surface area contributed by atoms with E-state index in [0.717, 1.165) is 5.56 Å². The monoisotopic (exact) mass is 464 g/mol. The number of rotatable bonds is 10. The molecule has 0 bridgehead atoms. The third-order valence-electron chi connectivity index (χ3n) is 4.64. The molecule has 0 aliphatic carbocycles. The Labute approximate surface area is 198 Å². The molecule has 170 valence electrons. The number of benzene rings is 3. The van der Waals surface area contributed by atoms with E-state index in [1.807, 2.05) is 31.2 Å². The Morgan fingerprint density at radius 2 is 1.79 bits per heavy atom. The van der Waals surface area contributed by atoms with Gasteiger partial charge in [-0.1, -0.05) is 54.1 Å². The van der Waals surface area contributed by atoms with Gasteiger partial charge in [-0.3, -0.25) is 4.79 Å². The summed E-state index contributed by atoms with van der Waals surface area (Å²) >= 11 is 6.14. The first-order valence-corrected chi connectivity index (χ1v) is 10.6. The molecule has 0 fully saturated rings. The van der Waals surface area contributed by atoms with Crippen molar-refractivity contribution in [3.63, 3.8) is 0 Å². The van der Waals surface area contributed by atoms with Gasteiger partial charge in [0.25, 0.3) is 5.91 Å². The second-order valence-corrected chi connectivity index (χ2v) is 7.56. The van der Waals surface area contributed by atoms with Crippen LogP contribution in [0.1, 0.15) is 27.0 Å². The fraction of sp³-hybridized carbons (Fsp3) is 0.154. The van der Waals surface area contributed by atoms with Crippen LogP contribution in [0, 0.1) is 6.92 Å². The number of carbonyl (C=O) groups is 1. The third-order valence-corrected chi connectivity index (χ3v) is 4.87. The molecule has 1 amide bonds. The van der Waals surface area contributed by atoms with Gasteiger partial charge in [0.1, 0.15) is 19.0 Å². The Bertz CT molecular complexity index is 1140. The molecule has 7 heteroatoms. The summed E-state index contributed by atoms with van der Waals surface area (Å²) in [5.41, 5.74) is 5.75. The number of methoxy groups -OCH3 is 1. The van der Waals surface area contributed by atoms with Gasteiger partial charge in [0, 0.05) is 16.1 Å². The van der Waals surface area contributed by atoms with Crippen molar-refractivity contribution in [1.82, 2.24) is 5.43 Å². The van der Waals surface area contributed by atoms with E-state index in [1.165, 1.54) is 18.9 Å². The van der Waals surface area contributed by atoms with Crippen molar-refractivity contribution in [3.05, 3.63) is 101 Å². The van der Waals surface area contributed by atoms with Gasteiger partial charge in [-0.25, -0.2) is 5.43 Å². The molecule has 33 heavy (non-hydrogen) atoms. The van der Waals surface area contributed by atoms with E-state index >= 15 is 0 Å². The van der Waals surface area contributed by atoms with Crippen LogP contribution in [0.15, 0.2) is 78.4 Å². The average Bonchev–Trinajstić information content (AvgIpc) is 2.83. The van der Waals surface area contributed by atoms with E-state index in [-0.39, 0.29) is 0 Å². The van der Waals surface area contributed by atoms with Gasteiger partial charge in [-0.15, -0.1) is 0 Å². The zero-order chi connectivity index (χ0) is 23.6. The highest BCUT2D eigenvalue weighted by Gasteiger charge is 2.11. The molecule has 0 spiro atoms. The predicted octanol–water partition coefficient (Wildman–Crippen LogP) is 5.56. The largest absolute Gasteiger partial charge is 0.493 e. The maximum Gasteiger partial charge on any atom is 0.271 e. The Hall–Kier alpha value is -3.77. The minimum atomic E-state index is -0.399. The highest BCUT2D eigenvalue weighted by atomic mass is 35.5. The second kappa shape index (κ2) is 11.7. The van der Waals surface area contributed by atoms with Crippen LogP contribution in [-0.2, 0) is 6.61 Å². The lowest BCUT2D eigenvalue weighted by Gasteiger charge is -2.11. The number of hydrogen-bond donors (Lipinski definition) is 1. The number of aryl methyl sites for hydroxylation is 1. The van der Waals surface area contributed by atoms with Crippen LogP contribution in [0.4, 0.5) is 0 Å². The summed E-state index contributed by atoms with van der Waals surface area (Å²) in [6.07, 6.45) is 3.12. The molecule has 3 aromatic rings.